The second-order valence-corrected chi connectivity index (χ2v) is 9.65. The topological polar surface area (TPSA) is 60.3 Å². The zero-order valence-electron chi connectivity index (χ0n) is 17.4. The van der Waals surface area contributed by atoms with Gasteiger partial charge in [-0.2, -0.15) is 0 Å². The van der Waals surface area contributed by atoms with Gasteiger partial charge in [-0.05, 0) is 50.1 Å². The monoisotopic (exact) mass is 417 g/mol. The Balaban J connectivity index is 1.85. The third-order valence-corrected chi connectivity index (χ3v) is 7.05. The number of fused-ring (bicyclic) bond motifs is 1. The maximum Gasteiger partial charge on any atom is 0.214 e. The second-order valence-electron chi connectivity index (χ2n) is 7.73. The third-order valence-electron chi connectivity index (χ3n) is 5.26. The SMILES string of the molecule is Cc1ccc(CNc2c(S(=O)(=O)c3ccc(C)cc3)c[nH+]c3ccc(C)cc23)cc1. The van der Waals surface area contributed by atoms with Gasteiger partial charge in [-0.1, -0.05) is 53.6 Å². The number of aromatic amines is 1. The number of aromatic nitrogens is 1. The Hall–Kier alpha value is -3.18. The molecule has 152 valence electrons. The number of H-pyrrole nitrogens is 1. The number of benzene rings is 3. The van der Waals surface area contributed by atoms with Crippen molar-refractivity contribution in [3.8, 4) is 0 Å². The van der Waals surface area contributed by atoms with E-state index in [0.717, 1.165) is 27.6 Å². The molecule has 4 rings (SSSR count). The zero-order chi connectivity index (χ0) is 21.3. The number of hydrogen-bond donors (Lipinski definition) is 1. The molecule has 30 heavy (non-hydrogen) atoms. The Kier molecular flexibility index (Phi) is 5.31. The predicted molar refractivity (Wildman–Crippen MR) is 120 cm³/mol. The molecule has 4 nitrogen and oxygen atoms in total. The Bertz CT molecular complexity index is 1310. The number of sulfone groups is 1. The van der Waals surface area contributed by atoms with Crippen LogP contribution in [0.5, 0.6) is 0 Å². The van der Waals surface area contributed by atoms with Crippen LogP contribution in [-0.4, -0.2) is 8.42 Å². The third kappa shape index (κ3) is 3.94. The second kappa shape index (κ2) is 7.92. The lowest BCUT2D eigenvalue weighted by Crippen LogP contribution is -2.15. The molecule has 0 aliphatic heterocycles. The van der Waals surface area contributed by atoms with Crippen LogP contribution in [0, 0.1) is 20.8 Å². The minimum absolute atomic E-state index is 0.247. The van der Waals surface area contributed by atoms with E-state index >= 15 is 0 Å². The Morgan fingerprint density at radius 1 is 0.800 bits per heavy atom. The smallest absolute Gasteiger partial charge is 0.214 e. The van der Waals surface area contributed by atoms with Crippen molar-refractivity contribution in [1.82, 2.24) is 0 Å². The van der Waals surface area contributed by atoms with Crippen LogP contribution in [0.15, 0.2) is 82.7 Å². The van der Waals surface area contributed by atoms with Crippen molar-refractivity contribution < 1.29 is 13.4 Å². The fraction of sp³-hybridized carbons (Fsp3) is 0.160. The van der Waals surface area contributed by atoms with Crippen LogP contribution >= 0.6 is 0 Å². The molecule has 1 heterocycles. The summed E-state index contributed by atoms with van der Waals surface area (Å²) in [6.45, 7) is 6.53. The number of nitrogens with one attached hydrogen (secondary N) is 2. The van der Waals surface area contributed by atoms with Crippen LogP contribution in [0.4, 0.5) is 5.69 Å². The van der Waals surface area contributed by atoms with E-state index in [1.54, 1.807) is 18.3 Å². The fourth-order valence-corrected chi connectivity index (χ4v) is 4.89. The summed E-state index contributed by atoms with van der Waals surface area (Å²) < 4.78 is 27.0. The standard InChI is InChI=1S/C25H24N2O2S/c1-17-4-9-20(10-5-17)15-27-25-22-14-19(3)8-13-23(22)26-16-24(25)30(28,29)21-11-6-18(2)7-12-21/h4-14,16H,15H2,1-3H3,(H,26,27)/p+1. The first-order chi connectivity index (χ1) is 14.3. The van der Waals surface area contributed by atoms with E-state index in [1.165, 1.54) is 5.56 Å². The first kappa shape index (κ1) is 20.1. The Morgan fingerprint density at radius 3 is 2.07 bits per heavy atom. The van der Waals surface area contributed by atoms with Crippen molar-refractivity contribution in [3.05, 3.63) is 95.2 Å². The molecule has 4 aromatic rings. The van der Waals surface area contributed by atoms with Crippen molar-refractivity contribution >= 4 is 26.4 Å². The molecule has 0 bridgehead atoms. The van der Waals surface area contributed by atoms with Crippen molar-refractivity contribution in [2.45, 2.75) is 37.1 Å². The molecule has 2 N–H and O–H groups in total. The van der Waals surface area contributed by atoms with Crippen molar-refractivity contribution in [3.63, 3.8) is 0 Å². The van der Waals surface area contributed by atoms with Crippen LogP contribution in [0.25, 0.3) is 10.9 Å². The van der Waals surface area contributed by atoms with Crippen molar-refractivity contribution in [2.75, 3.05) is 5.32 Å². The van der Waals surface area contributed by atoms with E-state index in [0.29, 0.717) is 12.2 Å². The highest BCUT2D eigenvalue weighted by Gasteiger charge is 2.26. The maximum atomic E-state index is 13.5. The lowest BCUT2D eigenvalue weighted by Gasteiger charge is -2.14. The predicted octanol–water partition coefficient (Wildman–Crippen LogP) is 5.02. The highest BCUT2D eigenvalue weighted by Crippen LogP contribution is 2.32. The van der Waals surface area contributed by atoms with Gasteiger partial charge in [0, 0.05) is 12.6 Å². The van der Waals surface area contributed by atoms with Gasteiger partial charge in [-0.15, -0.1) is 0 Å². The van der Waals surface area contributed by atoms with E-state index in [2.05, 4.69) is 34.6 Å². The van der Waals surface area contributed by atoms with Crippen molar-refractivity contribution in [1.29, 1.82) is 0 Å². The summed E-state index contributed by atoms with van der Waals surface area (Å²) in [4.78, 5) is 3.69. The minimum Gasteiger partial charge on any atom is -0.379 e. The molecule has 0 aliphatic rings. The fourth-order valence-electron chi connectivity index (χ4n) is 3.47. The van der Waals surface area contributed by atoms with Crippen LogP contribution in [0.2, 0.25) is 0 Å². The molecule has 1 aromatic heterocycles. The number of aryl methyl sites for hydroxylation is 3. The summed E-state index contributed by atoms with van der Waals surface area (Å²) in [6.07, 6.45) is 1.59. The van der Waals surface area contributed by atoms with Gasteiger partial charge in [-0.25, -0.2) is 13.4 Å². The molecule has 5 heteroatoms. The van der Waals surface area contributed by atoms with E-state index in [4.69, 9.17) is 0 Å². The molecule has 0 amide bonds. The molecular formula is C25H25N2O2S+. The van der Waals surface area contributed by atoms with Gasteiger partial charge in [0.2, 0.25) is 15.4 Å². The van der Waals surface area contributed by atoms with Gasteiger partial charge >= 0.3 is 0 Å². The molecule has 0 unspecified atom stereocenters. The maximum absolute atomic E-state index is 13.5. The lowest BCUT2D eigenvalue weighted by atomic mass is 10.1. The van der Waals surface area contributed by atoms with E-state index in [1.807, 2.05) is 51.1 Å². The molecule has 0 aliphatic carbocycles. The summed E-state index contributed by atoms with van der Waals surface area (Å²) in [5.74, 6) is 0. The molecule has 0 spiro atoms. The van der Waals surface area contributed by atoms with E-state index in [9.17, 15) is 8.42 Å². The number of anilines is 1. The number of pyridine rings is 1. The summed E-state index contributed by atoms with van der Waals surface area (Å²) in [5, 5.41) is 4.26. The van der Waals surface area contributed by atoms with Crippen LogP contribution in [0.3, 0.4) is 0 Å². The van der Waals surface area contributed by atoms with Crippen molar-refractivity contribution in [2.24, 2.45) is 0 Å². The number of hydrogen-bond acceptors (Lipinski definition) is 3. The molecule has 0 saturated carbocycles. The van der Waals surface area contributed by atoms with Gasteiger partial charge in [0.25, 0.3) is 0 Å². The summed E-state index contributed by atoms with van der Waals surface area (Å²) in [7, 11) is -3.70. The molecule has 0 saturated heterocycles. The normalized spacial score (nSPS) is 11.6. The summed E-state index contributed by atoms with van der Waals surface area (Å²) in [6, 6.07) is 21.2. The highest BCUT2D eigenvalue weighted by molar-refractivity contribution is 7.91. The summed E-state index contributed by atoms with van der Waals surface area (Å²) in [5.41, 5.74) is 5.87. The van der Waals surface area contributed by atoms with Crippen LogP contribution in [-0.2, 0) is 16.4 Å². The molecule has 3 aromatic carbocycles. The van der Waals surface area contributed by atoms with Crippen LogP contribution < -0.4 is 10.3 Å². The lowest BCUT2D eigenvalue weighted by molar-refractivity contribution is -0.347. The summed E-state index contributed by atoms with van der Waals surface area (Å²) >= 11 is 0. The molecule has 0 atom stereocenters. The average molecular weight is 418 g/mol. The van der Waals surface area contributed by atoms with Gasteiger partial charge in [0.15, 0.2) is 11.1 Å². The minimum atomic E-state index is -3.70. The van der Waals surface area contributed by atoms with Crippen LogP contribution in [0.1, 0.15) is 22.3 Å². The van der Waals surface area contributed by atoms with Gasteiger partial charge in [0.05, 0.1) is 16.0 Å². The Morgan fingerprint density at radius 2 is 1.40 bits per heavy atom. The molecule has 0 fully saturated rings. The number of rotatable bonds is 5. The van der Waals surface area contributed by atoms with Gasteiger partial charge < -0.3 is 5.32 Å². The van der Waals surface area contributed by atoms with Gasteiger partial charge in [-0.3, -0.25) is 0 Å². The van der Waals surface area contributed by atoms with E-state index < -0.39 is 9.84 Å². The Labute approximate surface area is 177 Å². The molecule has 0 radical (unpaired) electrons. The quantitative estimate of drug-likeness (QED) is 0.496. The zero-order valence-corrected chi connectivity index (χ0v) is 18.2. The largest absolute Gasteiger partial charge is 0.379 e. The highest BCUT2D eigenvalue weighted by atomic mass is 32.2. The molecular weight excluding hydrogens is 392 g/mol. The first-order valence-corrected chi connectivity index (χ1v) is 11.4. The van der Waals surface area contributed by atoms with Gasteiger partial charge in [0.1, 0.15) is 0 Å². The average Bonchev–Trinajstić information content (AvgIpc) is 2.73. The van der Waals surface area contributed by atoms with E-state index in [-0.39, 0.29) is 9.79 Å². The first-order valence-electron chi connectivity index (χ1n) is 9.91.